The highest BCUT2D eigenvalue weighted by Gasteiger charge is 2.49. The fraction of sp³-hybridized carbons (Fsp3) is 0.316. The van der Waals surface area contributed by atoms with Crippen LogP contribution in [0.2, 0.25) is 5.02 Å². The number of piperazine rings is 1. The fourth-order valence-electron chi connectivity index (χ4n) is 3.92. The standard InChI is InChI=1S/C19H18ClFN2O3S/c20-14-2-1-3-16(8-14)23-18-12-27(25,26)11-17(18)22(10-19(23)24)9-13-4-6-15(21)7-5-13/h1-8,17-18H,9-12H2/t17-,18-/m1/s1. The Hall–Kier alpha value is -1.96. The summed E-state index contributed by atoms with van der Waals surface area (Å²) in [5, 5.41) is 0.492. The van der Waals surface area contributed by atoms with Gasteiger partial charge in [0.05, 0.1) is 24.1 Å². The molecule has 2 aromatic rings. The quantitative estimate of drug-likeness (QED) is 0.783. The van der Waals surface area contributed by atoms with E-state index in [1.54, 1.807) is 41.3 Å². The number of carbonyl (C=O) groups is 1. The summed E-state index contributed by atoms with van der Waals surface area (Å²) in [7, 11) is -3.26. The third-order valence-electron chi connectivity index (χ3n) is 5.09. The summed E-state index contributed by atoms with van der Waals surface area (Å²) < 4.78 is 37.9. The average molecular weight is 409 g/mol. The number of amides is 1. The molecule has 0 N–H and O–H groups in total. The van der Waals surface area contributed by atoms with Crippen molar-refractivity contribution in [2.24, 2.45) is 0 Å². The lowest BCUT2D eigenvalue weighted by molar-refractivity contribution is -0.123. The number of sulfone groups is 1. The Bertz CT molecular complexity index is 981. The molecule has 0 aromatic heterocycles. The minimum Gasteiger partial charge on any atom is -0.306 e. The first-order valence-corrected chi connectivity index (χ1v) is 10.8. The molecule has 2 atom stereocenters. The van der Waals surface area contributed by atoms with Gasteiger partial charge in [-0.3, -0.25) is 9.69 Å². The van der Waals surface area contributed by atoms with Gasteiger partial charge in [0.1, 0.15) is 5.82 Å². The highest BCUT2D eigenvalue weighted by molar-refractivity contribution is 7.91. The van der Waals surface area contributed by atoms with Crippen LogP contribution >= 0.6 is 11.6 Å². The van der Waals surface area contributed by atoms with Crippen molar-refractivity contribution in [1.82, 2.24) is 4.90 Å². The van der Waals surface area contributed by atoms with Gasteiger partial charge in [0, 0.05) is 23.3 Å². The molecule has 5 nitrogen and oxygen atoms in total. The van der Waals surface area contributed by atoms with Crippen LogP contribution in [-0.2, 0) is 21.2 Å². The van der Waals surface area contributed by atoms with Crippen molar-refractivity contribution in [2.75, 3.05) is 23.0 Å². The molecule has 0 aliphatic carbocycles. The topological polar surface area (TPSA) is 57.7 Å². The number of nitrogens with zero attached hydrogens (tertiary/aromatic N) is 2. The molecule has 2 heterocycles. The van der Waals surface area contributed by atoms with Crippen molar-refractivity contribution in [3.8, 4) is 0 Å². The SMILES string of the molecule is O=C1CN(Cc2ccc(F)cc2)[C@@H]2CS(=O)(=O)C[C@H]2N1c1cccc(Cl)c1. The van der Waals surface area contributed by atoms with E-state index in [1.807, 2.05) is 4.90 Å². The Labute approximate surface area is 162 Å². The normalized spacial score (nSPS) is 24.8. The van der Waals surface area contributed by atoms with Crippen LogP contribution in [-0.4, -0.2) is 49.4 Å². The molecule has 0 bridgehead atoms. The van der Waals surface area contributed by atoms with E-state index >= 15 is 0 Å². The first kappa shape index (κ1) is 18.4. The Morgan fingerprint density at radius 1 is 1.07 bits per heavy atom. The van der Waals surface area contributed by atoms with Gasteiger partial charge in [0.25, 0.3) is 0 Å². The molecule has 0 spiro atoms. The highest BCUT2D eigenvalue weighted by Crippen LogP contribution is 2.33. The smallest absolute Gasteiger partial charge is 0.241 e. The van der Waals surface area contributed by atoms with Crippen molar-refractivity contribution in [3.05, 3.63) is 64.9 Å². The molecule has 0 radical (unpaired) electrons. The molecular formula is C19H18ClFN2O3S. The number of carbonyl (C=O) groups excluding carboxylic acids is 1. The first-order valence-electron chi connectivity index (χ1n) is 8.59. The summed E-state index contributed by atoms with van der Waals surface area (Å²) in [6.45, 7) is 0.493. The zero-order valence-electron chi connectivity index (χ0n) is 14.4. The lowest BCUT2D eigenvalue weighted by atomic mass is 10.0. The van der Waals surface area contributed by atoms with Gasteiger partial charge in [0.15, 0.2) is 9.84 Å². The zero-order valence-corrected chi connectivity index (χ0v) is 16.0. The predicted molar refractivity (Wildman–Crippen MR) is 102 cm³/mol. The van der Waals surface area contributed by atoms with Gasteiger partial charge in [-0.2, -0.15) is 0 Å². The maximum absolute atomic E-state index is 13.2. The lowest BCUT2D eigenvalue weighted by Crippen LogP contribution is -2.61. The average Bonchev–Trinajstić information content (AvgIpc) is 2.92. The summed E-state index contributed by atoms with van der Waals surface area (Å²) in [6, 6.07) is 12.2. The molecule has 142 valence electrons. The molecule has 1 amide bonds. The largest absolute Gasteiger partial charge is 0.306 e. The van der Waals surface area contributed by atoms with Crippen molar-refractivity contribution in [3.63, 3.8) is 0 Å². The van der Waals surface area contributed by atoms with Gasteiger partial charge in [-0.1, -0.05) is 29.8 Å². The third kappa shape index (κ3) is 3.72. The van der Waals surface area contributed by atoms with Crippen LogP contribution in [0.4, 0.5) is 10.1 Å². The number of halogens is 2. The van der Waals surface area contributed by atoms with Crippen LogP contribution in [0.5, 0.6) is 0 Å². The summed E-state index contributed by atoms with van der Waals surface area (Å²) in [5.41, 5.74) is 1.45. The van der Waals surface area contributed by atoms with Crippen molar-refractivity contribution in [1.29, 1.82) is 0 Å². The van der Waals surface area contributed by atoms with Crippen molar-refractivity contribution in [2.45, 2.75) is 18.6 Å². The first-order chi connectivity index (χ1) is 12.8. The van der Waals surface area contributed by atoms with Crippen LogP contribution < -0.4 is 4.90 Å². The Balaban J connectivity index is 1.66. The van der Waals surface area contributed by atoms with Gasteiger partial charge < -0.3 is 4.90 Å². The fourth-order valence-corrected chi connectivity index (χ4v) is 6.08. The monoisotopic (exact) mass is 408 g/mol. The number of rotatable bonds is 3. The molecule has 2 saturated heterocycles. The Kier molecular flexibility index (Phi) is 4.70. The van der Waals surface area contributed by atoms with Crippen LogP contribution in [0.15, 0.2) is 48.5 Å². The molecular weight excluding hydrogens is 391 g/mol. The molecule has 27 heavy (non-hydrogen) atoms. The second kappa shape index (κ2) is 6.89. The minimum absolute atomic E-state index is 0.00318. The zero-order chi connectivity index (χ0) is 19.2. The number of hydrogen-bond donors (Lipinski definition) is 0. The number of fused-ring (bicyclic) bond motifs is 1. The maximum atomic E-state index is 13.2. The van der Waals surface area contributed by atoms with E-state index in [9.17, 15) is 17.6 Å². The van der Waals surface area contributed by atoms with E-state index in [4.69, 9.17) is 11.6 Å². The van der Waals surface area contributed by atoms with Gasteiger partial charge in [-0.25, -0.2) is 12.8 Å². The minimum atomic E-state index is -3.26. The van der Waals surface area contributed by atoms with Crippen LogP contribution in [0.25, 0.3) is 0 Å². The van der Waals surface area contributed by atoms with E-state index in [1.165, 1.54) is 12.1 Å². The van der Waals surface area contributed by atoms with E-state index in [-0.39, 0.29) is 35.8 Å². The van der Waals surface area contributed by atoms with Crippen LogP contribution in [0.1, 0.15) is 5.56 Å². The molecule has 4 rings (SSSR count). The lowest BCUT2D eigenvalue weighted by Gasteiger charge is -2.43. The molecule has 2 fully saturated rings. The molecule has 8 heteroatoms. The molecule has 2 aliphatic rings. The van der Waals surface area contributed by atoms with E-state index in [0.717, 1.165) is 5.56 Å². The van der Waals surface area contributed by atoms with Crippen molar-refractivity contribution >= 4 is 33.0 Å². The van der Waals surface area contributed by atoms with Gasteiger partial charge in [0.2, 0.25) is 5.91 Å². The van der Waals surface area contributed by atoms with E-state index in [0.29, 0.717) is 17.3 Å². The maximum Gasteiger partial charge on any atom is 0.241 e. The second-order valence-corrected chi connectivity index (χ2v) is 9.58. The summed E-state index contributed by atoms with van der Waals surface area (Å²) in [6.07, 6.45) is 0. The molecule has 2 aliphatic heterocycles. The van der Waals surface area contributed by atoms with E-state index in [2.05, 4.69) is 0 Å². The van der Waals surface area contributed by atoms with Gasteiger partial charge >= 0.3 is 0 Å². The van der Waals surface area contributed by atoms with Crippen LogP contribution in [0.3, 0.4) is 0 Å². The summed E-state index contributed by atoms with van der Waals surface area (Å²) in [4.78, 5) is 16.4. The number of benzene rings is 2. The molecule has 2 aromatic carbocycles. The third-order valence-corrected chi connectivity index (χ3v) is 7.02. The summed E-state index contributed by atoms with van der Waals surface area (Å²) >= 11 is 6.06. The van der Waals surface area contributed by atoms with Gasteiger partial charge in [-0.05, 0) is 35.9 Å². The summed E-state index contributed by atoms with van der Waals surface area (Å²) in [5.74, 6) is -0.571. The molecule has 0 saturated carbocycles. The number of hydrogen-bond acceptors (Lipinski definition) is 4. The van der Waals surface area contributed by atoms with Crippen molar-refractivity contribution < 1.29 is 17.6 Å². The van der Waals surface area contributed by atoms with E-state index < -0.39 is 15.9 Å². The highest BCUT2D eigenvalue weighted by atomic mass is 35.5. The second-order valence-electron chi connectivity index (χ2n) is 6.99. The predicted octanol–water partition coefficient (Wildman–Crippen LogP) is 2.49. The van der Waals surface area contributed by atoms with Crippen LogP contribution in [0, 0.1) is 5.82 Å². The number of anilines is 1. The Morgan fingerprint density at radius 3 is 2.48 bits per heavy atom. The molecule has 0 unspecified atom stereocenters. The van der Waals surface area contributed by atoms with Gasteiger partial charge in [-0.15, -0.1) is 0 Å². The Morgan fingerprint density at radius 2 is 1.78 bits per heavy atom.